The molecule has 2 aliphatic carbocycles. The minimum absolute atomic E-state index is 0.0748. The van der Waals surface area contributed by atoms with Crippen molar-refractivity contribution in [2.24, 2.45) is 11.3 Å². The smallest absolute Gasteiger partial charge is 0.410 e. The molecule has 1 aromatic rings. The highest BCUT2D eigenvalue weighted by molar-refractivity contribution is 7.91. The van der Waals surface area contributed by atoms with Gasteiger partial charge in [-0.05, 0) is 61.5 Å². The molecule has 4 bridgehead atoms. The lowest BCUT2D eigenvalue weighted by atomic mass is 9.85. The molecule has 0 radical (unpaired) electrons. The van der Waals surface area contributed by atoms with Crippen molar-refractivity contribution in [1.82, 2.24) is 25.2 Å². The van der Waals surface area contributed by atoms with E-state index in [1.54, 1.807) is 25.7 Å². The Kier molecular flexibility index (Phi) is 10.2. The maximum atomic E-state index is 14.4. The van der Waals surface area contributed by atoms with Gasteiger partial charge < -0.3 is 29.7 Å². The SMILES string of the molecule is CC[C@H]1C[C@@]1(NC(=O)C1C[C@@H]2CN1C(=O)[C@H](C(C)(C)C)NC(=O)OCCCCCOc1cccc3c1CN(C3)C(=O)O2)C(=O)NS(=O)(=O)C1CC1. The number of hydrogen-bond donors (Lipinski definition) is 3. The van der Waals surface area contributed by atoms with Crippen LogP contribution < -0.4 is 20.1 Å². The number of benzene rings is 1. The maximum absolute atomic E-state index is 14.4. The third-order valence-corrected chi connectivity index (χ3v) is 12.3. The molecule has 5 amide bonds. The van der Waals surface area contributed by atoms with Crippen molar-refractivity contribution in [3.05, 3.63) is 29.3 Å². The zero-order chi connectivity index (χ0) is 36.7. The highest BCUT2D eigenvalue weighted by Crippen LogP contribution is 2.47. The Morgan fingerprint density at radius 3 is 2.43 bits per heavy atom. The Morgan fingerprint density at radius 1 is 1.04 bits per heavy atom. The number of sulfonamides is 1. The van der Waals surface area contributed by atoms with Crippen LogP contribution >= 0.6 is 0 Å². The van der Waals surface area contributed by atoms with E-state index < -0.39 is 74.3 Å². The number of nitrogens with one attached hydrogen (secondary N) is 3. The molecule has 2 saturated carbocycles. The molecule has 51 heavy (non-hydrogen) atoms. The fourth-order valence-corrected chi connectivity index (χ4v) is 8.61. The van der Waals surface area contributed by atoms with Crippen molar-refractivity contribution >= 4 is 39.9 Å². The fourth-order valence-electron chi connectivity index (χ4n) is 7.24. The van der Waals surface area contributed by atoms with Crippen molar-refractivity contribution in [2.45, 2.75) is 121 Å². The largest absolute Gasteiger partial charge is 0.493 e. The summed E-state index contributed by atoms with van der Waals surface area (Å²) in [5.74, 6) is -1.69. The molecule has 3 aliphatic heterocycles. The number of cyclic esters (lactones) is 1. The second kappa shape index (κ2) is 14.2. The van der Waals surface area contributed by atoms with Crippen LogP contribution in [-0.2, 0) is 47.0 Å². The number of ether oxygens (including phenoxy) is 3. The molecule has 1 unspecified atom stereocenters. The predicted octanol–water partition coefficient (Wildman–Crippen LogP) is 2.71. The van der Waals surface area contributed by atoms with Gasteiger partial charge in [0.25, 0.3) is 5.91 Å². The van der Waals surface area contributed by atoms with Gasteiger partial charge in [-0.3, -0.25) is 24.0 Å². The molecule has 1 aromatic carbocycles. The zero-order valence-electron chi connectivity index (χ0n) is 29.7. The van der Waals surface area contributed by atoms with Crippen molar-refractivity contribution in [3.8, 4) is 5.75 Å². The quantitative estimate of drug-likeness (QED) is 0.392. The summed E-state index contributed by atoms with van der Waals surface area (Å²) in [5, 5.41) is 4.86. The molecule has 0 spiro atoms. The van der Waals surface area contributed by atoms with Crippen LogP contribution in [0.5, 0.6) is 5.75 Å². The van der Waals surface area contributed by atoms with E-state index in [-0.39, 0.29) is 38.5 Å². The summed E-state index contributed by atoms with van der Waals surface area (Å²) in [6.45, 7) is 8.18. The van der Waals surface area contributed by atoms with E-state index in [0.717, 1.165) is 24.0 Å². The first kappa shape index (κ1) is 36.7. The first-order valence-electron chi connectivity index (χ1n) is 17.9. The summed E-state index contributed by atoms with van der Waals surface area (Å²) >= 11 is 0. The van der Waals surface area contributed by atoms with Crippen LogP contribution in [0.2, 0.25) is 0 Å². The molecular formula is C35H49N5O10S. The van der Waals surface area contributed by atoms with Crippen LogP contribution in [0.4, 0.5) is 9.59 Å². The summed E-state index contributed by atoms with van der Waals surface area (Å²) in [7, 11) is -3.88. The number of alkyl carbamates (subject to hydrolysis) is 1. The van der Waals surface area contributed by atoms with Crippen LogP contribution in [0.25, 0.3) is 0 Å². The normalized spacial score (nSPS) is 28.9. The second-order valence-electron chi connectivity index (χ2n) is 15.4. The molecule has 1 saturated heterocycles. The monoisotopic (exact) mass is 731 g/mol. The topological polar surface area (TPSA) is 190 Å². The second-order valence-corrected chi connectivity index (χ2v) is 17.4. The minimum Gasteiger partial charge on any atom is -0.493 e. The van der Waals surface area contributed by atoms with Gasteiger partial charge in [0.05, 0.1) is 31.6 Å². The molecule has 6 rings (SSSR count). The summed E-state index contributed by atoms with van der Waals surface area (Å²) < 4.78 is 44.9. The van der Waals surface area contributed by atoms with E-state index in [4.69, 9.17) is 14.2 Å². The molecule has 3 N–H and O–H groups in total. The average molecular weight is 732 g/mol. The number of amides is 5. The number of nitrogens with zero attached hydrogens (tertiary/aromatic N) is 2. The Labute approximate surface area is 298 Å². The molecule has 3 fully saturated rings. The van der Waals surface area contributed by atoms with Gasteiger partial charge in [0.1, 0.15) is 29.5 Å². The highest BCUT2D eigenvalue weighted by Gasteiger charge is 2.62. The van der Waals surface area contributed by atoms with E-state index in [1.165, 1.54) is 4.90 Å². The van der Waals surface area contributed by atoms with E-state index in [2.05, 4.69) is 15.4 Å². The lowest BCUT2D eigenvalue weighted by Gasteiger charge is -2.35. The Hall–Kier alpha value is -4.08. The predicted molar refractivity (Wildman–Crippen MR) is 183 cm³/mol. The number of fused-ring (bicyclic) bond motifs is 3. The van der Waals surface area contributed by atoms with Crippen molar-refractivity contribution in [1.29, 1.82) is 0 Å². The van der Waals surface area contributed by atoms with Crippen molar-refractivity contribution in [3.63, 3.8) is 0 Å². The number of rotatable bonds is 6. The van der Waals surface area contributed by atoms with Crippen LogP contribution in [0, 0.1) is 11.3 Å². The number of carbonyl (C=O) groups is 5. The Morgan fingerprint density at radius 2 is 1.76 bits per heavy atom. The third-order valence-electron chi connectivity index (χ3n) is 10.5. The van der Waals surface area contributed by atoms with Crippen LogP contribution in [-0.4, -0.2) is 96.9 Å². The molecule has 0 aromatic heterocycles. The van der Waals surface area contributed by atoms with Gasteiger partial charge >= 0.3 is 12.2 Å². The van der Waals surface area contributed by atoms with Crippen molar-refractivity contribution < 1.29 is 46.6 Å². The molecule has 16 heteroatoms. The summed E-state index contributed by atoms with van der Waals surface area (Å²) in [4.78, 5) is 71.3. The molecule has 280 valence electrons. The molecule has 3 heterocycles. The highest BCUT2D eigenvalue weighted by atomic mass is 32.2. The zero-order valence-corrected chi connectivity index (χ0v) is 30.5. The summed E-state index contributed by atoms with van der Waals surface area (Å²) in [5.41, 5.74) is -0.460. The standard InChI is InChI=1S/C35H49N5O10S/c1-5-22-17-35(22,31(43)38-51(46,47)24-12-13-24)37-29(41)26-16-23-19-40(26)30(42)28(34(2,3)4)36-32(44)49-15-8-6-7-14-48-27-11-9-10-21-18-39(20-25(21)27)33(45)50-23/h9-11,22-24,26,28H,5-8,12-20H2,1-4H3,(H,36,44)(H,37,41)(H,38,43)/t22-,23+,26?,28+,35-/m0/s1. The van der Waals surface area contributed by atoms with E-state index in [0.29, 0.717) is 44.6 Å². The first-order valence-corrected chi connectivity index (χ1v) is 19.5. The summed E-state index contributed by atoms with van der Waals surface area (Å²) in [6, 6.07) is 3.35. The van der Waals surface area contributed by atoms with Gasteiger partial charge in [0.15, 0.2) is 0 Å². The van der Waals surface area contributed by atoms with E-state index >= 15 is 0 Å². The average Bonchev–Trinajstić information content (AvgIpc) is 3.96. The molecule has 5 aliphatic rings. The van der Waals surface area contributed by atoms with E-state index in [9.17, 15) is 32.4 Å². The van der Waals surface area contributed by atoms with Gasteiger partial charge in [-0.25, -0.2) is 18.0 Å². The van der Waals surface area contributed by atoms with E-state index in [1.807, 2.05) is 25.1 Å². The fraction of sp³-hybridized carbons (Fsp3) is 0.686. The summed E-state index contributed by atoms with van der Waals surface area (Å²) in [6.07, 6.45) is 1.36. The number of carbonyl (C=O) groups excluding carboxylic acids is 5. The maximum Gasteiger partial charge on any atom is 0.410 e. The molecule has 15 nitrogen and oxygen atoms in total. The lowest BCUT2D eigenvalue weighted by Crippen LogP contribution is -2.60. The van der Waals surface area contributed by atoms with Gasteiger partial charge in [0.2, 0.25) is 21.8 Å². The number of hydrogen-bond acceptors (Lipinski definition) is 10. The molecule has 5 atom stereocenters. The van der Waals surface area contributed by atoms with Crippen LogP contribution in [0.15, 0.2) is 18.2 Å². The van der Waals surface area contributed by atoms with Crippen LogP contribution in [0.1, 0.15) is 90.2 Å². The first-order chi connectivity index (χ1) is 24.1. The Balaban J connectivity index is 1.26. The van der Waals surface area contributed by atoms with Gasteiger partial charge in [-0.1, -0.05) is 46.2 Å². The Bertz CT molecular complexity index is 1670. The van der Waals surface area contributed by atoms with Gasteiger partial charge in [-0.15, -0.1) is 0 Å². The minimum atomic E-state index is -3.88. The van der Waals surface area contributed by atoms with Crippen molar-refractivity contribution in [2.75, 3.05) is 19.8 Å². The van der Waals surface area contributed by atoms with Crippen LogP contribution in [0.3, 0.4) is 0 Å². The lowest BCUT2D eigenvalue weighted by molar-refractivity contribution is -0.143. The van der Waals surface area contributed by atoms with Gasteiger partial charge in [0, 0.05) is 18.5 Å². The molecular weight excluding hydrogens is 682 g/mol. The third kappa shape index (κ3) is 7.90. The van der Waals surface area contributed by atoms with Gasteiger partial charge in [-0.2, -0.15) is 0 Å².